The van der Waals surface area contributed by atoms with Gasteiger partial charge in [-0.05, 0) is 31.5 Å². The van der Waals surface area contributed by atoms with Gasteiger partial charge in [0.15, 0.2) is 5.82 Å². The number of aromatic nitrogens is 3. The third-order valence-corrected chi connectivity index (χ3v) is 4.76. The lowest BCUT2D eigenvalue weighted by atomic mass is 10.0. The van der Waals surface area contributed by atoms with E-state index in [-0.39, 0.29) is 11.9 Å². The maximum Gasteiger partial charge on any atom is 0.272 e. The molecule has 1 amide bonds. The van der Waals surface area contributed by atoms with Gasteiger partial charge in [0.25, 0.3) is 5.91 Å². The second-order valence-electron chi connectivity index (χ2n) is 6.97. The van der Waals surface area contributed by atoms with Crippen molar-refractivity contribution in [2.45, 2.75) is 32.4 Å². The number of carbonyl (C=O) groups is 1. The van der Waals surface area contributed by atoms with Crippen molar-refractivity contribution >= 4 is 11.6 Å². The fraction of sp³-hybridized carbons (Fsp3) is 0.556. The summed E-state index contributed by atoms with van der Waals surface area (Å²) >= 11 is 0. The smallest absolute Gasteiger partial charge is 0.272 e. The average molecular weight is 358 g/mol. The highest BCUT2D eigenvalue weighted by Gasteiger charge is 2.28. The van der Waals surface area contributed by atoms with E-state index in [1.807, 2.05) is 43.1 Å². The van der Waals surface area contributed by atoms with Crippen LogP contribution >= 0.6 is 0 Å². The molecule has 1 saturated heterocycles. The first-order chi connectivity index (χ1) is 12.4. The van der Waals surface area contributed by atoms with Crippen LogP contribution in [0.3, 0.4) is 0 Å². The molecule has 3 rings (SSSR count). The van der Waals surface area contributed by atoms with Gasteiger partial charge in [-0.25, -0.2) is 0 Å². The number of piperidine rings is 1. The number of aryl methyl sites for hydroxylation is 1. The van der Waals surface area contributed by atoms with Crippen LogP contribution in [0.5, 0.6) is 0 Å². The number of likely N-dealkylation sites (tertiary alicyclic amines) is 1. The molecule has 8 heteroatoms. The zero-order valence-electron chi connectivity index (χ0n) is 15.8. The molecule has 1 aliphatic rings. The van der Waals surface area contributed by atoms with Gasteiger partial charge in [0.1, 0.15) is 5.69 Å². The van der Waals surface area contributed by atoms with Crippen LogP contribution < -0.4 is 4.90 Å². The van der Waals surface area contributed by atoms with Gasteiger partial charge in [0.2, 0.25) is 5.89 Å². The molecule has 140 valence electrons. The van der Waals surface area contributed by atoms with Crippen molar-refractivity contribution in [3.63, 3.8) is 0 Å². The Morgan fingerprint density at radius 1 is 1.38 bits per heavy atom. The van der Waals surface area contributed by atoms with Crippen LogP contribution in [0.4, 0.5) is 5.69 Å². The summed E-state index contributed by atoms with van der Waals surface area (Å²) in [7, 11) is 5.76. The Morgan fingerprint density at radius 3 is 2.88 bits per heavy atom. The van der Waals surface area contributed by atoms with Crippen molar-refractivity contribution in [3.05, 3.63) is 35.7 Å². The molecule has 2 aromatic rings. The molecule has 3 heterocycles. The summed E-state index contributed by atoms with van der Waals surface area (Å²) in [5.74, 6) is 1.22. The Labute approximate surface area is 153 Å². The van der Waals surface area contributed by atoms with E-state index in [0.29, 0.717) is 24.0 Å². The van der Waals surface area contributed by atoms with E-state index in [1.54, 1.807) is 13.1 Å². The summed E-state index contributed by atoms with van der Waals surface area (Å²) in [5.41, 5.74) is 1.44. The third-order valence-electron chi connectivity index (χ3n) is 4.76. The molecule has 0 radical (unpaired) electrons. The van der Waals surface area contributed by atoms with E-state index >= 15 is 0 Å². The standard InChI is InChI=1S/C18H26N6O2/c1-13-20-17(21-26-13)12-24-9-5-6-15(11-24)23(4)18(25)16-10-14(22(2)3)7-8-19-16/h7-8,10,15H,5-6,9,11-12H2,1-4H3. The molecule has 1 unspecified atom stereocenters. The van der Waals surface area contributed by atoms with Crippen LogP contribution in [0.25, 0.3) is 0 Å². The summed E-state index contributed by atoms with van der Waals surface area (Å²) < 4.78 is 5.04. The molecule has 0 spiro atoms. The minimum Gasteiger partial charge on any atom is -0.378 e. The van der Waals surface area contributed by atoms with Gasteiger partial charge in [-0.1, -0.05) is 5.16 Å². The molecule has 0 N–H and O–H groups in total. The van der Waals surface area contributed by atoms with Crippen LogP contribution in [0.2, 0.25) is 0 Å². The van der Waals surface area contributed by atoms with Crippen LogP contribution in [0.1, 0.15) is 35.0 Å². The Balaban J connectivity index is 1.65. The predicted molar refractivity (Wildman–Crippen MR) is 98.0 cm³/mol. The monoisotopic (exact) mass is 358 g/mol. The first-order valence-corrected chi connectivity index (χ1v) is 8.86. The van der Waals surface area contributed by atoms with E-state index in [1.165, 1.54) is 0 Å². The van der Waals surface area contributed by atoms with Crippen molar-refractivity contribution in [1.29, 1.82) is 0 Å². The molecule has 8 nitrogen and oxygen atoms in total. The average Bonchev–Trinajstić information content (AvgIpc) is 3.05. The van der Waals surface area contributed by atoms with E-state index in [0.717, 1.165) is 31.6 Å². The zero-order chi connectivity index (χ0) is 18.7. The number of likely N-dealkylation sites (N-methyl/N-ethyl adjacent to an activating group) is 1. The minimum absolute atomic E-state index is 0.0454. The number of nitrogens with zero attached hydrogens (tertiary/aromatic N) is 6. The second-order valence-corrected chi connectivity index (χ2v) is 6.97. The van der Waals surface area contributed by atoms with Crippen molar-refractivity contribution in [2.24, 2.45) is 0 Å². The zero-order valence-corrected chi connectivity index (χ0v) is 15.8. The Bertz CT molecular complexity index is 760. The highest BCUT2D eigenvalue weighted by atomic mass is 16.5. The number of pyridine rings is 1. The Kier molecular flexibility index (Phi) is 5.51. The fourth-order valence-electron chi connectivity index (χ4n) is 3.26. The van der Waals surface area contributed by atoms with Gasteiger partial charge in [-0.3, -0.25) is 14.7 Å². The van der Waals surface area contributed by atoms with E-state index in [2.05, 4.69) is 20.0 Å². The maximum atomic E-state index is 12.9. The van der Waals surface area contributed by atoms with Gasteiger partial charge in [0.05, 0.1) is 6.54 Å². The van der Waals surface area contributed by atoms with E-state index < -0.39 is 0 Å². The molecule has 0 saturated carbocycles. The number of hydrogen-bond donors (Lipinski definition) is 0. The second kappa shape index (κ2) is 7.82. The Morgan fingerprint density at radius 2 is 2.19 bits per heavy atom. The highest BCUT2D eigenvalue weighted by Crippen LogP contribution is 2.19. The lowest BCUT2D eigenvalue weighted by molar-refractivity contribution is 0.0599. The summed E-state index contributed by atoms with van der Waals surface area (Å²) in [6.45, 7) is 4.20. The molecule has 2 aromatic heterocycles. The predicted octanol–water partition coefficient (Wildman–Crippen LogP) is 1.58. The number of anilines is 1. The normalized spacial score (nSPS) is 17.9. The van der Waals surface area contributed by atoms with E-state index in [4.69, 9.17) is 4.52 Å². The van der Waals surface area contributed by atoms with Crippen LogP contribution in [0.15, 0.2) is 22.9 Å². The Hall–Kier alpha value is -2.48. The van der Waals surface area contributed by atoms with Crippen molar-refractivity contribution in [2.75, 3.05) is 39.1 Å². The first kappa shape index (κ1) is 18.3. The molecule has 0 aromatic carbocycles. The van der Waals surface area contributed by atoms with Crippen LogP contribution in [0, 0.1) is 6.92 Å². The van der Waals surface area contributed by atoms with Crippen LogP contribution in [-0.4, -0.2) is 71.1 Å². The SMILES string of the molecule is Cc1nc(CN2CCCC(N(C)C(=O)c3cc(N(C)C)ccn3)C2)no1. The summed E-state index contributed by atoms with van der Waals surface area (Å²) in [4.78, 5) is 27.5. The van der Waals surface area contributed by atoms with Gasteiger partial charge in [-0.15, -0.1) is 0 Å². The number of rotatable bonds is 5. The van der Waals surface area contributed by atoms with Crippen molar-refractivity contribution < 1.29 is 9.32 Å². The van der Waals surface area contributed by atoms with E-state index in [9.17, 15) is 4.79 Å². The lowest BCUT2D eigenvalue weighted by Crippen LogP contribution is -2.48. The topological polar surface area (TPSA) is 78.6 Å². The summed E-state index contributed by atoms with van der Waals surface area (Å²) in [5, 5.41) is 3.97. The highest BCUT2D eigenvalue weighted by molar-refractivity contribution is 5.93. The lowest BCUT2D eigenvalue weighted by Gasteiger charge is -2.37. The van der Waals surface area contributed by atoms with Gasteiger partial charge in [0, 0.05) is 52.5 Å². The number of carbonyl (C=O) groups excluding carboxylic acids is 1. The molecule has 0 aliphatic carbocycles. The largest absolute Gasteiger partial charge is 0.378 e. The molecule has 1 fully saturated rings. The van der Waals surface area contributed by atoms with Crippen molar-refractivity contribution in [3.8, 4) is 0 Å². The summed E-state index contributed by atoms with van der Waals surface area (Å²) in [6, 6.07) is 3.88. The molecular formula is C18H26N6O2. The van der Waals surface area contributed by atoms with Gasteiger partial charge >= 0.3 is 0 Å². The molecule has 1 aliphatic heterocycles. The number of amides is 1. The quantitative estimate of drug-likeness (QED) is 0.803. The maximum absolute atomic E-state index is 12.9. The van der Waals surface area contributed by atoms with Crippen LogP contribution in [-0.2, 0) is 6.54 Å². The first-order valence-electron chi connectivity index (χ1n) is 8.86. The van der Waals surface area contributed by atoms with Gasteiger partial charge < -0.3 is 14.3 Å². The molecular weight excluding hydrogens is 332 g/mol. The third kappa shape index (κ3) is 4.19. The fourth-order valence-corrected chi connectivity index (χ4v) is 3.26. The summed E-state index contributed by atoms with van der Waals surface area (Å²) in [6.07, 6.45) is 3.70. The number of hydrogen-bond acceptors (Lipinski definition) is 7. The molecule has 1 atom stereocenters. The minimum atomic E-state index is -0.0454. The molecule has 26 heavy (non-hydrogen) atoms. The van der Waals surface area contributed by atoms with Gasteiger partial charge in [-0.2, -0.15) is 4.98 Å². The van der Waals surface area contributed by atoms with Crippen molar-refractivity contribution in [1.82, 2.24) is 24.9 Å². The molecule has 0 bridgehead atoms.